The maximum atomic E-state index is 11.7. The SMILES string of the molecule is Cc1cc(C(=O)N(C)C)cc(S(N)(=O)=O)c1. The van der Waals surface area contributed by atoms with Crippen LogP contribution in [0.5, 0.6) is 0 Å². The first-order chi connectivity index (χ1) is 7.21. The smallest absolute Gasteiger partial charge is 0.253 e. The minimum Gasteiger partial charge on any atom is -0.345 e. The van der Waals surface area contributed by atoms with Gasteiger partial charge >= 0.3 is 0 Å². The standard InChI is InChI=1S/C10H14N2O3S/c1-7-4-8(10(13)12(2)3)6-9(5-7)16(11,14)15/h4-6H,1-3H3,(H2,11,14,15). The van der Waals surface area contributed by atoms with Crippen molar-refractivity contribution in [1.29, 1.82) is 0 Å². The van der Waals surface area contributed by atoms with Crippen LogP contribution in [0, 0.1) is 6.92 Å². The summed E-state index contributed by atoms with van der Waals surface area (Å²) < 4.78 is 22.4. The Labute approximate surface area is 94.9 Å². The molecule has 1 aromatic rings. The Hall–Kier alpha value is -1.40. The maximum Gasteiger partial charge on any atom is 0.253 e. The van der Waals surface area contributed by atoms with Gasteiger partial charge in [-0.15, -0.1) is 0 Å². The summed E-state index contributed by atoms with van der Waals surface area (Å²) in [6.45, 7) is 1.71. The quantitative estimate of drug-likeness (QED) is 0.812. The molecule has 0 fully saturated rings. The van der Waals surface area contributed by atoms with E-state index in [1.165, 1.54) is 17.0 Å². The van der Waals surface area contributed by atoms with Gasteiger partial charge in [0.25, 0.3) is 5.91 Å². The van der Waals surface area contributed by atoms with E-state index in [0.29, 0.717) is 11.1 Å². The van der Waals surface area contributed by atoms with Gasteiger partial charge in [-0.3, -0.25) is 4.79 Å². The molecule has 0 aliphatic carbocycles. The van der Waals surface area contributed by atoms with Gasteiger partial charge in [-0.05, 0) is 30.7 Å². The first kappa shape index (κ1) is 12.7. The van der Waals surface area contributed by atoms with Gasteiger partial charge in [0.1, 0.15) is 0 Å². The molecule has 0 radical (unpaired) electrons. The fraction of sp³-hybridized carbons (Fsp3) is 0.300. The molecular formula is C10H14N2O3S. The van der Waals surface area contributed by atoms with Crippen LogP contribution in [0.15, 0.2) is 23.1 Å². The van der Waals surface area contributed by atoms with Crippen LogP contribution < -0.4 is 5.14 Å². The van der Waals surface area contributed by atoms with Crippen LogP contribution in [0.1, 0.15) is 15.9 Å². The van der Waals surface area contributed by atoms with Gasteiger partial charge in [0.15, 0.2) is 0 Å². The van der Waals surface area contributed by atoms with Crippen molar-refractivity contribution in [3.63, 3.8) is 0 Å². The fourth-order valence-electron chi connectivity index (χ4n) is 1.29. The molecule has 0 atom stereocenters. The van der Waals surface area contributed by atoms with E-state index in [9.17, 15) is 13.2 Å². The molecule has 0 heterocycles. The summed E-state index contributed by atoms with van der Waals surface area (Å²) in [6, 6.07) is 4.34. The predicted molar refractivity (Wildman–Crippen MR) is 60.6 cm³/mol. The summed E-state index contributed by atoms with van der Waals surface area (Å²) in [5.74, 6) is -0.256. The van der Waals surface area contributed by atoms with E-state index in [0.717, 1.165) is 0 Å². The van der Waals surface area contributed by atoms with Crippen molar-refractivity contribution >= 4 is 15.9 Å². The zero-order valence-corrected chi connectivity index (χ0v) is 10.2. The highest BCUT2D eigenvalue weighted by Gasteiger charge is 2.14. The van der Waals surface area contributed by atoms with Crippen LogP contribution in [0.25, 0.3) is 0 Å². The molecule has 6 heteroatoms. The fourth-order valence-corrected chi connectivity index (χ4v) is 1.94. The lowest BCUT2D eigenvalue weighted by Crippen LogP contribution is -2.22. The van der Waals surface area contributed by atoms with Gasteiger partial charge in [-0.2, -0.15) is 0 Å². The number of nitrogens with zero attached hydrogens (tertiary/aromatic N) is 1. The molecule has 1 rings (SSSR count). The second kappa shape index (κ2) is 4.23. The summed E-state index contributed by atoms with van der Waals surface area (Å²) >= 11 is 0. The first-order valence-electron chi connectivity index (χ1n) is 4.58. The molecule has 88 valence electrons. The van der Waals surface area contributed by atoms with Crippen LogP contribution in [0.4, 0.5) is 0 Å². The molecule has 0 aromatic heterocycles. The summed E-state index contributed by atoms with van der Waals surface area (Å²) in [5.41, 5.74) is 0.991. The number of rotatable bonds is 2. The van der Waals surface area contributed by atoms with Crippen molar-refractivity contribution in [2.45, 2.75) is 11.8 Å². The highest BCUT2D eigenvalue weighted by Crippen LogP contribution is 2.14. The van der Waals surface area contributed by atoms with E-state index >= 15 is 0 Å². The van der Waals surface area contributed by atoms with Gasteiger partial charge < -0.3 is 4.90 Å². The van der Waals surface area contributed by atoms with Crippen LogP contribution in [-0.4, -0.2) is 33.3 Å². The molecule has 2 N–H and O–H groups in total. The van der Waals surface area contributed by atoms with Crippen LogP contribution >= 0.6 is 0 Å². The Bertz CT molecular complexity index is 521. The van der Waals surface area contributed by atoms with Gasteiger partial charge in [0, 0.05) is 19.7 Å². The van der Waals surface area contributed by atoms with Gasteiger partial charge in [-0.1, -0.05) is 0 Å². The Morgan fingerprint density at radius 2 is 1.81 bits per heavy atom. The molecule has 16 heavy (non-hydrogen) atoms. The molecule has 0 saturated carbocycles. The lowest BCUT2D eigenvalue weighted by molar-refractivity contribution is 0.0827. The Kier molecular flexibility index (Phi) is 3.35. The average molecular weight is 242 g/mol. The zero-order valence-electron chi connectivity index (χ0n) is 9.39. The third kappa shape index (κ3) is 2.80. The third-order valence-electron chi connectivity index (χ3n) is 2.03. The molecule has 0 bridgehead atoms. The molecule has 0 saturated heterocycles. The zero-order chi connectivity index (χ0) is 12.5. The minimum absolute atomic E-state index is 0.0438. The van der Waals surface area contributed by atoms with Crippen molar-refractivity contribution in [3.8, 4) is 0 Å². The van der Waals surface area contributed by atoms with E-state index in [1.807, 2.05) is 0 Å². The monoisotopic (exact) mass is 242 g/mol. The van der Waals surface area contributed by atoms with Crippen molar-refractivity contribution in [1.82, 2.24) is 4.90 Å². The number of carbonyl (C=O) groups excluding carboxylic acids is 1. The van der Waals surface area contributed by atoms with E-state index in [-0.39, 0.29) is 10.8 Å². The molecular weight excluding hydrogens is 228 g/mol. The van der Waals surface area contributed by atoms with Crippen molar-refractivity contribution < 1.29 is 13.2 Å². The Balaban J connectivity index is 3.35. The normalized spacial score (nSPS) is 11.2. The molecule has 1 aromatic carbocycles. The number of hydrogen-bond donors (Lipinski definition) is 1. The number of amides is 1. The minimum atomic E-state index is -3.78. The maximum absolute atomic E-state index is 11.7. The lowest BCUT2D eigenvalue weighted by Gasteiger charge is -2.11. The second-order valence-electron chi connectivity index (χ2n) is 3.78. The van der Waals surface area contributed by atoms with Crippen LogP contribution in [0.3, 0.4) is 0 Å². The first-order valence-corrected chi connectivity index (χ1v) is 6.12. The van der Waals surface area contributed by atoms with E-state index in [1.54, 1.807) is 27.1 Å². The highest BCUT2D eigenvalue weighted by molar-refractivity contribution is 7.89. The molecule has 0 spiro atoms. The van der Waals surface area contributed by atoms with Crippen molar-refractivity contribution in [3.05, 3.63) is 29.3 Å². The predicted octanol–water partition coefficient (Wildman–Crippen LogP) is 0.344. The second-order valence-corrected chi connectivity index (χ2v) is 5.34. The molecule has 0 unspecified atom stereocenters. The molecule has 1 amide bonds. The summed E-state index contributed by atoms with van der Waals surface area (Å²) in [5, 5.41) is 5.02. The number of carbonyl (C=O) groups is 1. The van der Waals surface area contributed by atoms with E-state index < -0.39 is 10.0 Å². The Morgan fingerprint density at radius 1 is 1.25 bits per heavy atom. The van der Waals surface area contributed by atoms with E-state index in [2.05, 4.69) is 0 Å². The highest BCUT2D eigenvalue weighted by atomic mass is 32.2. The van der Waals surface area contributed by atoms with Crippen molar-refractivity contribution in [2.75, 3.05) is 14.1 Å². The Morgan fingerprint density at radius 3 is 2.25 bits per heavy atom. The van der Waals surface area contributed by atoms with Crippen molar-refractivity contribution in [2.24, 2.45) is 5.14 Å². The molecule has 5 nitrogen and oxygen atoms in total. The number of aryl methyl sites for hydroxylation is 1. The van der Waals surface area contributed by atoms with Gasteiger partial charge in [-0.25, -0.2) is 13.6 Å². The number of sulfonamides is 1. The summed E-state index contributed by atoms with van der Waals surface area (Å²) in [4.78, 5) is 13.0. The topological polar surface area (TPSA) is 80.5 Å². The summed E-state index contributed by atoms with van der Waals surface area (Å²) in [6.07, 6.45) is 0. The average Bonchev–Trinajstić information content (AvgIpc) is 2.14. The van der Waals surface area contributed by atoms with Gasteiger partial charge in [0.2, 0.25) is 10.0 Å². The molecule has 0 aliphatic heterocycles. The van der Waals surface area contributed by atoms with E-state index in [4.69, 9.17) is 5.14 Å². The summed E-state index contributed by atoms with van der Waals surface area (Å²) in [7, 11) is -0.581. The van der Waals surface area contributed by atoms with Gasteiger partial charge in [0.05, 0.1) is 4.90 Å². The largest absolute Gasteiger partial charge is 0.345 e. The van der Waals surface area contributed by atoms with Crippen LogP contribution in [0.2, 0.25) is 0 Å². The van der Waals surface area contributed by atoms with Crippen LogP contribution in [-0.2, 0) is 10.0 Å². The number of nitrogens with two attached hydrogens (primary N) is 1. The number of benzene rings is 1. The lowest BCUT2D eigenvalue weighted by atomic mass is 10.1. The number of primary sulfonamides is 1. The molecule has 0 aliphatic rings. The number of hydrogen-bond acceptors (Lipinski definition) is 3. The third-order valence-corrected chi connectivity index (χ3v) is 2.93.